The van der Waals surface area contributed by atoms with E-state index in [-0.39, 0.29) is 0 Å². The van der Waals surface area contributed by atoms with Gasteiger partial charge in [0, 0.05) is 5.57 Å². The number of carbonyl (C=O) groups is 1. The molecular formula is C9H9NO. The second-order valence-corrected chi connectivity index (χ2v) is 2.12. The minimum absolute atomic E-state index is 0.402. The van der Waals surface area contributed by atoms with E-state index in [9.17, 15) is 4.79 Å². The monoisotopic (exact) mass is 147 g/mol. The predicted molar refractivity (Wildman–Crippen MR) is 44.7 cm³/mol. The maximum atomic E-state index is 10.7. The summed E-state index contributed by atoms with van der Waals surface area (Å²) >= 11 is 0. The van der Waals surface area contributed by atoms with Gasteiger partial charge in [0.05, 0.1) is 0 Å². The van der Waals surface area contributed by atoms with Gasteiger partial charge in [-0.15, -0.1) is 0 Å². The molecule has 56 valence electrons. The van der Waals surface area contributed by atoms with Crippen LogP contribution in [0.25, 0.3) is 0 Å². The van der Waals surface area contributed by atoms with E-state index in [0.29, 0.717) is 5.57 Å². The van der Waals surface area contributed by atoms with Crippen molar-refractivity contribution in [3.8, 4) is 0 Å². The molecule has 0 heterocycles. The SMILES string of the molecule is NC(=O)C1=CC=CC=CC=C1. The molecule has 2 N–H and O–H groups in total. The maximum absolute atomic E-state index is 10.7. The Morgan fingerprint density at radius 1 is 1.09 bits per heavy atom. The lowest BCUT2D eigenvalue weighted by Crippen LogP contribution is -2.12. The molecule has 1 aliphatic rings. The summed E-state index contributed by atoms with van der Waals surface area (Å²) in [4.78, 5) is 10.7. The lowest BCUT2D eigenvalue weighted by Gasteiger charge is -1.93. The van der Waals surface area contributed by atoms with Crippen LogP contribution in [0.3, 0.4) is 0 Å². The summed E-state index contributed by atoms with van der Waals surface area (Å²) in [5.74, 6) is -0.402. The summed E-state index contributed by atoms with van der Waals surface area (Å²) in [5.41, 5.74) is 5.59. The van der Waals surface area contributed by atoms with Crippen molar-refractivity contribution in [2.24, 2.45) is 5.73 Å². The molecule has 0 fully saturated rings. The van der Waals surface area contributed by atoms with Crippen LogP contribution in [0.1, 0.15) is 0 Å². The zero-order chi connectivity index (χ0) is 8.10. The summed E-state index contributed by atoms with van der Waals surface area (Å²) in [6.07, 6.45) is 12.5. The van der Waals surface area contributed by atoms with Gasteiger partial charge in [-0.1, -0.05) is 30.4 Å². The lowest BCUT2D eigenvalue weighted by molar-refractivity contribution is -0.114. The standard InChI is InChI=1S/C9H9NO/c10-9(11)8-6-4-2-1-3-5-7-8/h1-7H,(H2,10,11). The maximum Gasteiger partial charge on any atom is 0.248 e. The van der Waals surface area contributed by atoms with Gasteiger partial charge in [0.1, 0.15) is 0 Å². The molecule has 0 radical (unpaired) electrons. The van der Waals surface area contributed by atoms with Crippen LogP contribution in [-0.2, 0) is 4.79 Å². The number of allylic oxidation sites excluding steroid dienone is 6. The quantitative estimate of drug-likeness (QED) is 0.592. The molecule has 0 aromatic heterocycles. The molecule has 0 atom stereocenters. The van der Waals surface area contributed by atoms with Crippen molar-refractivity contribution < 1.29 is 4.79 Å². The van der Waals surface area contributed by atoms with Gasteiger partial charge < -0.3 is 5.73 Å². The van der Waals surface area contributed by atoms with Crippen LogP contribution in [0.2, 0.25) is 0 Å². The van der Waals surface area contributed by atoms with Crippen molar-refractivity contribution in [2.75, 3.05) is 0 Å². The van der Waals surface area contributed by atoms with Crippen LogP contribution in [0.4, 0.5) is 0 Å². The van der Waals surface area contributed by atoms with Crippen LogP contribution in [0.15, 0.2) is 48.1 Å². The molecule has 0 unspecified atom stereocenters. The van der Waals surface area contributed by atoms with Crippen molar-refractivity contribution in [3.63, 3.8) is 0 Å². The van der Waals surface area contributed by atoms with Crippen LogP contribution in [0.5, 0.6) is 0 Å². The van der Waals surface area contributed by atoms with Crippen LogP contribution >= 0.6 is 0 Å². The summed E-state index contributed by atoms with van der Waals surface area (Å²) in [6.45, 7) is 0. The number of amides is 1. The normalized spacial score (nSPS) is 15.5. The van der Waals surface area contributed by atoms with E-state index in [1.54, 1.807) is 24.3 Å². The van der Waals surface area contributed by atoms with E-state index in [1.165, 1.54) is 0 Å². The minimum atomic E-state index is -0.402. The molecule has 1 rings (SSSR count). The Morgan fingerprint density at radius 2 is 1.73 bits per heavy atom. The molecule has 0 spiro atoms. The summed E-state index contributed by atoms with van der Waals surface area (Å²) in [5, 5.41) is 0. The minimum Gasteiger partial charge on any atom is -0.366 e. The van der Waals surface area contributed by atoms with E-state index in [1.807, 2.05) is 18.2 Å². The smallest absolute Gasteiger partial charge is 0.248 e. The highest BCUT2D eigenvalue weighted by Crippen LogP contribution is 1.99. The molecule has 0 aliphatic heterocycles. The first-order valence-electron chi connectivity index (χ1n) is 3.32. The Hall–Kier alpha value is -1.57. The second kappa shape index (κ2) is 3.56. The Labute approximate surface area is 65.4 Å². The number of hydrogen-bond acceptors (Lipinski definition) is 1. The zero-order valence-corrected chi connectivity index (χ0v) is 6.03. The van der Waals surface area contributed by atoms with Gasteiger partial charge in [0.2, 0.25) is 5.91 Å². The van der Waals surface area contributed by atoms with Gasteiger partial charge in [0.15, 0.2) is 0 Å². The Morgan fingerprint density at radius 3 is 2.45 bits per heavy atom. The average Bonchev–Trinajstić information content (AvgIpc) is 1.84. The highest BCUT2D eigenvalue weighted by molar-refractivity contribution is 5.95. The molecule has 2 nitrogen and oxygen atoms in total. The number of hydrogen-bond donors (Lipinski definition) is 1. The Kier molecular flexibility index (Phi) is 2.44. The largest absolute Gasteiger partial charge is 0.366 e. The number of primary amides is 1. The topological polar surface area (TPSA) is 43.1 Å². The van der Waals surface area contributed by atoms with Crippen molar-refractivity contribution in [1.29, 1.82) is 0 Å². The van der Waals surface area contributed by atoms with E-state index < -0.39 is 5.91 Å². The first kappa shape index (κ1) is 7.54. The number of rotatable bonds is 1. The van der Waals surface area contributed by atoms with Gasteiger partial charge in [0.25, 0.3) is 0 Å². The average molecular weight is 147 g/mol. The second-order valence-electron chi connectivity index (χ2n) is 2.12. The first-order valence-corrected chi connectivity index (χ1v) is 3.32. The van der Waals surface area contributed by atoms with Crippen molar-refractivity contribution in [2.45, 2.75) is 0 Å². The van der Waals surface area contributed by atoms with Gasteiger partial charge in [-0.05, 0) is 12.2 Å². The van der Waals surface area contributed by atoms with Crippen molar-refractivity contribution in [3.05, 3.63) is 48.1 Å². The van der Waals surface area contributed by atoms with Gasteiger partial charge in [-0.25, -0.2) is 0 Å². The fraction of sp³-hybridized carbons (Fsp3) is 0. The predicted octanol–water partition coefficient (Wildman–Crippen LogP) is 1.08. The van der Waals surface area contributed by atoms with Gasteiger partial charge >= 0.3 is 0 Å². The Balaban J connectivity index is 2.87. The Bertz CT molecular complexity index is 269. The van der Waals surface area contributed by atoms with Crippen molar-refractivity contribution in [1.82, 2.24) is 0 Å². The highest BCUT2D eigenvalue weighted by atomic mass is 16.1. The third kappa shape index (κ3) is 2.26. The summed E-state index contributed by atoms with van der Waals surface area (Å²) < 4.78 is 0. The van der Waals surface area contributed by atoms with Gasteiger partial charge in [-0.2, -0.15) is 0 Å². The molecule has 0 saturated carbocycles. The molecule has 0 aromatic rings. The molecular weight excluding hydrogens is 138 g/mol. The van der Waals surface area contributed by atoms with Crippen LogP contribution in [-0.4, -0.2) is 5.91 Å². The molecule has 0 aromatic carbocycles. The zero-order valence-electron chi connectivity index (χ0n) is 6.03. The fourth-order valence-corrected chi connectivity index (χ4v) is 0.731. The van der Waals surface area contributed by atoms with Crippen LogP contribution < -0.4 is 5.73 Å². The van der Waals surface area contributed by atoms with Crippen LogP contribution in [0, 0.1) is 0 Å². The van der Waals surface area contributed by atoms with E-state index in [2.05, 4.69) is 0 Å². The molecule has 1 amide bonds. The number of carbonyl (C=O) groups excluding carboxylic acids is 1. The lowest BCUT2D eigenvalue weighted by atomic mass is 10.2. The molecule has 0 bridgehead atoms. The van der Waals surface area contributed by atoms with E-state index in [4.69, 9.17) is 5.73 Å². The number of nitrogens with two attached hydrogens (primary N) is 1. The third-order valence-corrected chi connectivity index (χ3v) is 1.28. The summed E-state index contributed by atoms with van der Waals surface area (Å²) in [7, 11) is 0. The highest BCUT2D eigenvalue weighted by Gasteiger charge is 1.96. The van der Waals surface area contributed by atoms with Gasteiger partial charge in [-0.3, -0.25) is 4.79 Å². The first-order chi connectivity index (χ1) is 5.30. The third-order valence-electron chi connectivity index (χ3n) is 1.28. The summed E-state index contributed by atoms with van der Waals surface area (Å²) in [6, 6.07) is 0. The van der Waals surface area contributed by atoms with E-state index >= 15 is 0 Å². The molecule has 1 aliphatic carbocycles. The van der Waals surface area contributed by atoms with Crippen molar-refractivity contribution >= 4 is 5.91 Å². The van der Waals surface area contributed by atoms with E-state index in [0.717, 1.165) is 0 Å². The molecule has 0 saturated heterocycles. The molecule has 2 heteroatoms. The molecule has 11 heavy (non-hydrogen) atoms. The fourth-order valence-electron chi connectivity index (χ4n) is 0.731.